The number of aromatic nitrogens is 1. The maximum atomic E-state index is 12.3. The molecule has 2 bridgehead atoms. The molecule has 2 saturated heterocycles. The van der Waals surface area contributed by atoms with Crippen molar-refractivity contribution < 1.29 is 9.32 Å². The van der Waals surface area contributed by atoms with Crippen molar-refractivity contribution in [3.05, 3.63) is 17.0 Å². The molecule has 1 aromatic rings. The molecule has 1 aromatic heterocycles. The molecule has 3 rings (SSSR count). The van der Waals surface area contributed by atoms with Crippen LogP contribution in [0.1, 0.15) is 23.4 Å². The van der Waals surface area contributed by atoms with Gasteiger partial charge in [0.05, 0.1) is 12.1 Å². The minimum atomic E-state index is 0.229. The number of carbonyl (C=O) groups excluding carboxylic acids is 1. The van der Waals surface area contributed by atoms with E-state index >= 15 is 0 Å². The van der Waals surface area contributed by atoms with E-state index in [-0.39, 0.29) is 5.91 Å². The summed E-state index contributed by atoms with van der Waals surface area (Å²) < 4.78 is 5.10. The Morgan fingerprint density at radius 1 is 1.59 bits per heavy atom. The lowest BCUT2D eigenvalue weighted by molar-refractivity contribution is -0.131. The molecule has 0 aromatic carbocycles. The van der Waals surface area contributed by atoms with Crippen LogP contribution in [0, 0.1) is 13.8 Å². The zero-order chi connectivity index (χ0) is 12.0. The number of carbonyl (C=O) groups is 1. The molecular weight excluding hydrogens is 236 g/mol. The molecule has 0 aliphatic carbocycles. The van der Waals surface area contributed by atoms with E-state index in [0.29, 0.717) is 17.7 Å². The van der Waals surface area contributed by atoms with Crippen molar-refractivity contribution in [3.8, 4) is 0 Å². The third kappa shape index (κ3) is 1.86. The van der Waals surface area contributed by atoms with Crippen LogP contribution in [0.5, 0.6) is 0 Å². The first-order valence-electron chi connectivity index (χ1n) is 5.98. The summed E-state index contributed by atoms with van der Waals surface area (Å²) in [7, 11) is 0. The van der Waals surface area contributed by atoms with E-state index in [1.807, 2.05) is 30.5 Å². The average Bonchev–Trinajstić information content (AvgIpc) is 2.99. The van der Waals surface area contributed by atoms with Gasteiger partial charge in [-0.1, -0.05) is 5.16 Å². The highest BCUT2D eigenvalue weighted by Crippen LogP contribution is 2.37. The van der Waals surface area contributed by atoms with Crippen molar-refractivity contribution in [3.63, 3.8) is 0 Å². The Morgan fingerprint density at radius 2 is 2.41 bits per heavy atom. The van der Waals surface area contributed by atoms with Gasteiger partial charge in [-0.15, -0.1) is 0 Å². The van der Waals surface area contributed by atoms with Crippen LogP contribution >= 0.6 is 11.8 Å². The monoisotopic (exact) mass is 252 g/mol. The van der Waals surface area contributed by atoms with E-state index in [9.17, 15) is 4.79 Å². The minimum absolute atomic E-state index is 0.229. The fourth-order valence-electron chi connectivity index (χ4n) is 2.71. The van der Waals surface area contributed by atoms with E-state index in [4.69, 9.17) is 4.52 Å². The van der Waals surface area contributed by atoms with Gasteiger partial charge in [-0.2, -0.15) is 11.8 Å². The number of amides is 1. The molecule has 2 fully saturated rings. The van der Waals surface area contributed by atoms with Crippen LogP contribution in [0.15, 0.2) is 4.52 Å². The molecule has 0 N–H and O–H groups in total. The molecule has 2 unspecified atom stereocenters. The zero-order valence-electron chi connectivity index (χ0n) is 10.1. The molecule has 0 saturated carbocycles. The molecule has 2 aliphatic heterocycles. The number of nitrogens with zero attached hydrogens (tertiary/aromatic N) is 2. The summed E-state index contributed by atoms with van der Waals surface area (Å²) in [6.07, 6.45) is 1.62. The zero-order valence-corrected chi connectivity index (χ0v) is 10.9. The Kier molecular flexibility index (Phi) is 2.65. The number of likely N-dealkylation sites (tertiary alicyclic amines) is 1. The first kappa shape index (κ1) is 11.1. The topological polar surface area (TPSA) is 46.3 Å². The number of hydrogen-bond acceptors (Lipinski definition) is 4. The highest BCUT2D eigenvalue weighted by molar-refractivity contribution is 8.00. The standard InChI is InChI=1S/C12H16N2O2S/c1-7-11(8(2)16-13-7)4-12(15)14-5-10-3-9(14)6-17-10/h9-10H,3-6H2,1-2H3. The fraction of sp³-hybridized carbons (Fsp3) is 0.667. The molecule has 92 valence electrons. The van der Waals surface area contributed by atoms with E-state index < -0.39 is 0 Å². The second-order valence-corrected chi connectivity index (χ2v) is 6.20. The first-order chi connectivity index (χ1) is 8.15. The van der Waals surface area contributed by atoms with Gasteiger partial charge in [-0.3, -0.25) is 4.79 Å². The van der Waals surface area contributed by atoms with Crippen LogP contribution in [-0.2, 0) is 11.2 Å². The van der Waals surface area contributed by atoms with Gasteiger partial charge in [-0.05, 0) is 20.3 Å². The summed E-state index contributed by atoms with van der Waals surface area (Å²) in [6.45, 7) is 4.69. The summed E-state index contributed by atoms with van der Waals surface area (Å²) in [5.41, 5.74) is 1.81. The molecular formula is C12H16N2O2S. The predicted molar refractivity (Wildman–Crippen MR) is 66.0 cm³/mol. The lowest BCUT2D eigenvalue weighted by Gasteiger charge is -2.26. The summed E-state index contributed by atoms with van der Waals surface area (Å²) in [5, 5.41) is 4.57. The van der Waals surface area contributed by atoms with Crippen LogP contribution in [0.2, 0.25) is 0 Å². The van der Waals surface area contributed by atoms with Crippen LogP contribution in [-0.4, -0.2) is 39.6 Å². The molecule has 5 heteroatoms. The molecule has 4 nitrogen and oxygen atoms in total. The quantitative estimate of drug-likeness (QED) is 0.801. The Morgan fingerprint density at radius 3 is 2.94 bits per heavy atom. The van der Waals surface area contributed by atoms with E-state index in [2.05, 4.69) is 5.16 Å². The van der Waals surface area contributed by atoms with Gasteiger partial charge < -0.3 is 9.42 Å². The normalized spacial score (nSPS) is 26.8. The van der Waals surface area contributed by atoms with E-state index in [0.717, 1.165) is 29.3 Å². The number of hydrogen-bond donors (Lipinski definition) is 0. The van der Waals surface area contributed by atoms with Crippen molar-refractivity contribution in [2.45, 2.75) is 38.0 Å². The van der Waals surface area contributed by atoms with Crippen LogP contribution < -0.4 is 0 Å². The molecule has 17 heavy (non-hydrogen) atoms. The lowest BCUT2D eigenvalue weighted by atomic mass is 10.1. The van der Waals surface area contributed by atoms with Crippen molar-refractivity contribution >= 4 is 17.7 Å². The number of rotatable bonds is 2. The fourth-order valence-corrected chi connectivity index (χ4v) is 4.15. The third-order valence-electron chi connectivity index (χ3n) is 3.73. The van der Waals surface area contributed by atoms with E-state index in [1.165, 1.54) is 6.42 Å². The van der Waals surface area contributed by atoms with Gasteiger partial charge >= 0.3 is 0 Å². The molecule has 1 amide bonds. The SMILES string of the molecule is Cc1noc(C)c1CC(=O)N1CC2CC1CS2. The second-order valence-electron chi connectivity index (χ2n) is 4.87. The molecule has 3 heterocycles. The Balaban J connectivity index is 1.72. The summed E-state index contributed by atoms with van der Waals surface area (Å²) >= 11 is 2.00. The molecule has 2 aliphatic rings. The predicted octanol–water partition coefficient (Wildman–Crippen LogP) is 1.55. The van der Waals surface area contributed by atoms with Crippen molar-refractivity contribution in [1.82, 2.24) is 10.1 Å². The molecule has 2 atom stereocenters. The van der Waals surface area contributed by atoms with Crippen LogP contribution in [0.3, 0.4) is 0 Å². The minimum Gasteiger partial charge on any atom is -0.361 e. The van der Waals surface area contributed by atoms with Crippen molar-refractivity contribution in [2.24, 2.45) is 0 Å². The van der Waals surface area contributed by atoms with Crippen molar-refractivity contribution in [1.29, 1.82) is 0 Å². The largest absolute Gasteiger partial charge is 0.361 e. The number of thioether (sulfide) groups is 1. The molecule has 0 radical (unpaired) electrons. The Bertz CT molecular complexity index is 438. The van der Waals surface area contributed by atoms with Crippen molar-refractivity contribution in [2.75, 3.05) is 12.3 Å². The maximum absolute atomic E-state index is 12.3. The Labute approximate surface area is 105 Å². The maximum Gasteiger partial charge on any atom is 0.227 e. The smallest absolute Gasteiger partial charge is 0.227 e. The second kappa shape index (κ2) is 4.05. The summed E-state index contributed by atoms with van der Waals surface area (Å²) in [4.78, 5) is 14.3. The van der Waals surface area contributed by atoms with Gasteiger partial charge in [-0.25, -0.2) is 0 Å². The van der Waals surface area contributed by atoms with Gasteiger partial charge in [0.1, 0.15) is 5.76 Å². The summed E-state index contributed by atoms with van der Waals surface area (Å²) in [6, 6.07) is 0.470. The van der Waals surface area contributed by atoms with Gasteiger partial charge in [0.2, 0.25) is 5.91 Å². The first-order valence-corrected chi connectivity index (χ1v) is 7.03. The number of fused-ring (bicyclic) bond motifs is 2. The number of aryl methyl sites for hydroxylation is 2. The highest BCUT2D eigenvalue weighted by Gasteiger charge is 2.40. The van der Waals surface area contributed by atoms with Gasteiger partial charge in [0.25, 0.3) is 0 Å². The Hall–Kier alpha value is -0.970. The van der Waals surface area contributed by atoms with E-state index in [1.54, 1.807) is 0 Å². The van der Waals surface area contributed by atoms with Crippen LogP contribution in [0.25, 0.3) is 0 Å². The summed E-state index contributed by atoms with van der Waals surface area (Å²) in [5.74, 6) is 2.11. The van der Waals surface area contributed by atoms with Gasteiger partial charge in [0, 0.05) is 29.2 Å². The van der Waals surface area contributed by atoms with Gasteiger partial charge in [0.15, 0.2) is 0 Å². The third-order valence-corrected chi connectivity index (χ3v) is 5.12. The highest BCUT2D eigenvalue weighted by atomic mass is 32.2. The average molecular weight is 252 g/mol. The lowest BCUT2D eigenvalue weighted by Crippen LogP contribution is -2.40. The molecule has 0 spiro atoms. The van der Waals surface area contributed by atoms with Crippen LogP contribution in [0.4, 0.5) is 0 Å².